The molecule has 5 heteroatoms. The Balaban J connectivity index is 1.57. The van der Waals surface area contributed by atoms with E-state index in [1.807, 2.05) is 12.3 Å². The summed E-state index contributed by atoms with van der Waals surface area (Å²) in [5.74, 6) is 1.74. The first-order valence-corrected chi connectivity index (χ1v) is 9.55. The van der Waals surface area contributed by atoms with E-state index in [0.717, 1.165) is 47.7 Å². The highest BCUT2D eigenvalue weighted by atomic mass is 16.5. The van der Waals surface area contributed by atoms with E-state index < -0.39 is 0 Å². The molecule has 1 atom stereocenters. The number of ether oxygens (including phenoxy) is 2. The van der Waals surface area contributed by atoms with Gasteiger partial charge in [0.15, 0.2) is 11.5 Å². The summed E-state index contributed by atoms with van der Waals surface area (Å²) in [6, 6.07) is 8.96. The largest absolute Gasteiger partial charge is 0.490 e. The first kappa shape index (κ1) is 17.3. The molecule has 0 spiro atoms. The van der Waals surface area contributed by atoms with E-state index in [0.29, 0.717) is 19.3 Å². The molecule has 2 aliphatic heterocycles. The van der Waals surface area contributed by atoms with Gasteiger partial charge < -0.3 is 19.7 Å². The smallest absolute Gasteiger partial charge is 0.165 e. The number of fused-ring (bicyclic) bond motifs is 1. The zero-order chi connectivity index (χ0) is 17.8. The Morgan fingerprint density at radius 2 is 2.31 bits per heavy atom. The Labute approximate surface area is 155 Å². The Hall–Kier alpha value is -2.11. The van der Waals surface area contributed by atoms with Crippen LogP contribution in [0.2, 0.25) is 0 Å². The van der Waals surface area contributed by atoms with E-state index in [1.54, 1.807) is 6.20 Å². The summed E-state index contributed by atoms with van der Waals surface area (Å²) in [5.41, 5.74) is 3.37. The van der Waals surface area contributed by atoms with Crippen molar-refractivity contribution < 1.29 is 9.47 Å². The molecular formula is C21H27N3O2. The molecule has 0 saturated carbocycles. The molecule has 0 aliphatic carbocycles. The number of benzene rings is 1. The number of rotatable bonds is 5. The fraction of sp³-hybridized carbons (Fsp3) is 0.476. The van der Waals surface area contributed by atoms with Crippen LogP contribution in [0.15, 0.2) is 36.7 Å². The standard InChI is InChI=1S/C21H27N3O2/c1-24-9-3-5-19(24)6-10-25-20-13-17(16-4-2-7-22-14-16)12-18-15-23-8-11-26-21(18)20/h2,4,7,12-14,19,23H,3,5-6,8-11,15H2,1H3. The van der Waals surface area contributed by atoms with Crippen molar-refractivity contribution in [2.24, 2.45) is 0 Å². The number of aromatic nitrogens is 1. The zero-order valence-electron chi connectivity index (χ0n) is 15.4. The lowest BCUT2D eigenvalue weighted by atomic mass is 10.0. The van der Waals surface area contributed by atoms with Gasteiger partial charge in [-0.05, 0) is 56.6 Å². The molecule has 0 amide bonds. The molecule has 1 fully saturated rings. The molecule has 3 heterocycles. The van der Waals surface area contributed by atoms with Crippen LogP contribution in [0.25, 0.3) is 11.1 Å². The van der Waals surface area contributed by atoms with Crippen molar-refractivity contribution in [3.8, 4) is 22.6 Å². The zero-order valence-corrected chi connectivity index (χ0v) is 15.4. The van der Waals surface area contributed by atoms with E-state index in [4.69, 9.17) is 9.47 Å². The number of nitrogens with zero attached hydrogens (tertiary/aromatic N) is 2. The normalized spacial score (nSPS) is 20.3. The first-order valence-electron chi connectivity index (χ1n) is 9.55. The molecule has 0 radical (unpaired) electrons. The van der Waals surface area contributed by atoms with Gasteiger partial charge in [0.2, 0.25) is 0 Å². The average molecular weight is 353 g/mol. The Kier molecular flexibility index (Phi) is 5.37. The van der Waals surface area contributed by atoms with Gasteiger partial charge in [0.1, 0.15) is 6.61 Å². The van der Waals surface area contributed by atoms with Gasteiger partial charge in [-0.25, -0.2) is 0 Å². The lowest BCUT2D eigenvalue weighted by Crippen LogP contribution is -2.26. The van der Waals surface area contributed by atoms with Crippen LogP contribution in [0.4, 0.5) is 0 Å². The molecule has 5 nitrogen and oxygen atoms in total. The van der Waals surface area contributed by atoms with Crippen molar-refractivity contribution >= 4 is 0 Å². The maximum Gasteiger partial charge on any atom is 0.165 e. The van der Waals surface area contributed by atoms with E-state index in [-0.39, 0.29) is 0 Å². The molecule has 1 aromatic carbocycles. The van der Waals surface area contributed by atoms with Crippen LogP contribution in [0.5, 0.6) is 11.5 Å². The van der Waals surface area contributed by atoms with Gasteiger partial charge in [-0.2, -0.15) is 0 Å². The second kappa shape index (κ2) is 8.06. The molecule has 4 rings (SSSR count). The van der Waals surface area contributed by atoms with Crippen molar-refractivity contribution in [3.63, 3.8) is 0 Å². The van der Waals surface area contributed by atoms with Crippen molar-refractivity contribution in [3.05, 3.63) is 42.2 Å². The van der Waals surface area contributed by atoms with Crippen LogP contribution < -0.4 is 14.8 Å². The molecule has 1 unspecified atom stereocenters. The monoisotopic (exact) mass is 353 g/mol. The third-order valence-corrected chi connectivity index (χ3v) is 5.35. The second-order valence-corrected chi connectivity index (χ2v) is 7.14. The molecule has 26 heavy (non-hydrogen) atoms. The highest BCUT2D eigenvalue weighted by Gasteiger charge is 2.21. The first-order chi connectivity index (χ1) is 12.8. The van der Waals surface area contributed by atoms with Crippen LogP contribution in [0.1, 0.15) is 24.8 Å². The number of hydrogen-bond donors (Lipinski definition) is 1. The van der Waals surface area contributed by atoms with Crippen LogP contribution in [0.3, 0.4) is 0 Å². The Morgan fingerprint density at radius 1 is 1.35 bits per heavy atom. The maximum absolute atomic E-state index is 6.23. The van der Waals surface area contributed by atoms with Gasteiger partial charge in [-0.3, -0.25) is 4.98 Å². The summed E-state index contributed by atoms with van der Waals surface area (Å²) in [7, 11) is 2.21. The summed E-state index contributed by atoms with van der Waals surface area (Å²) in [5, 5.41) is 3.41. The van der Waals surface area contributed by atoms with Crippen LogP contribution in [-0.2, 0) is 6.54 Å². The number of pyridine rings is 1. The van der Waals surface area contributed by atoms with E-state index in [2.05, 4.69) is 40.4 Å². The molecule has 1 aromatic heterocycles. The molecule has 1 saturated heterocycles. The fourth-order valence-electron chi connectivity index (χ4n) is 3.86. The molecule has 2 aliphatic rings. The lowest BCUT2D eigenvalue weighted by molar-refractivity contribution is 0.223. The van der Waals surface area contributed by atoms with Crippen molar-refractivity contribution in [1.82, 2.24) is 15.2 Å². The minimum Gasteiger partial charge on any atom is -0.490 e. The number of nitrogens with one attached hydrogen (secondary N) is 1. The van der Waals surface area contributed by atoms with Gasteiger partial charge in [-0.15, -0.1) is 0 Å². The summed E-state index contributed by atoms with van der Waals surface area (Å²) in [6.45, 7) is 4.23. The maximum atomic E-state index is 6.23. The molecule has 2 aromatic rings. The fourth-order valence-corrected chi connectivity index (χ4v) is 3.86. The summed E-state index contributed by atoms with van der Waals surface area (Å²) < 4.78 is 12.2. The van der Waals surface area contributed by atoms with Crippen molar-refractivity contribution in [2.45, 2.75) is 31.8 Å². The van der Waals surface area contributed by atoms with Gasteiger partial charge in [0, 0.05) is 42.7 Å². The molecule has 138 valence electrons. The second-order valence-electron chi connectivity index (χ2n) is 7.14. The van der Waals surface area contributed by atoms with Crippen LogP contribution in [-0.4, -0.2) is 49.3 Å². The van der Waals surface area contributed by atoms with Gasteiger partial charge >= 0.3 is 0 Å². The minimum atomic E-state index is 0.637. The highest BCUT2D eigenvalue weighted by Crippen LogP contribution is 2.37. The lowest BCUT2D eigenvalue weighted by Gasteiger charge is -2.20. The summed E-state index contributed by atoms with van der Waals surface area (Å²) >= 11 is 0. The van der Waals surface area contributed by atoms with Gasteiger partial charge in [0.25, 0.3) is 0 Å². The topological polar surface area (TPSA) is 46.6 Å². The third kappa shape index (κ3) is 3.84. The van der Waals surface area contributed by atoms with Gasteiger partial charge in [-0.1, -0.05) is 6.07 Å². The van der Waals surface area contributed by atoms with E-state index in [1.165, 1.54) is 19.4 Å². The SMILES string of the molecule is CN1CCCC1CCOc1cc(-c2cccnc2)cc2c1OCCNC2. The third-order valence-electron chi connectivity index (χ3n) is 5.35. The average Bonchev–Trinajstić information content (AvgIpc) is 2.93. The molecule has 0 bridgehead atoms. The molecule has 1 N–H and O–H groups in total. The highest BCUT2D eigenvalue weighted by molar-refractivity contribution is 5.68. The predicted octanol–water partition coefficient (Wildman–Crippen LogP) is 3.09. The van der Waals surface area contributed by atoms with Crippen LogP contribution >= 0.6 is 0 Å². The summed E-state index contributed by atoms with van der Waals surface area (Å²) in [6.07, 6.45) is 7.31. The predicted molar refractivity (Wildman–Crippen MR) is 103 cm³/mol. The summed E-state index contributed by atoms with van der Waals surface area (Å²) in [4.78, 5) is 6.69. The minimum absolute atomic E-state index is 0.637. The van der Waals surface area contributed by atoms with Gasteiger partial charge in [0.05, 0.1) is 6.61 Å². The number of hydrogen-bond acceptors (Lipinski definition) is 5. The van der Waals surface area contributed by atoms with E-state index >= 15 is 0 Å². The quantitative estimate of drug-likeness (QED) is 0.895. The molecular weight excluding hydrogens is 326 g/mol. The van der Waals surface area contributed by atoms with Crippen molar-refractivity contribution in [2.75, 3.05) is 33.4 Å². The van der Waals surface area contributed by atoms with Crippen LogP contribution in [0, 0.1) is 0 Å². The Morgan fingerprint density at radius 3 is 3.12 bits per heavy atom. The van der Waals surface area contributed by atoms with Crippen molar-refractivity contribution in [1.29, 1.82) is 0 Å². The Bertz CT molecular complexity index is 736. The number of likely N-dealkylation sites (tertiary alicyclic amines) is 1. The van der Waals surface area contributed by atoms with E-state index in [9.17, 15) is 0 Å².